The van der Waals surface area contributed by atoms with E-state index in [0.717, 1.165) is 23.1 Å². The number of ether oxygens (including phenoxy) is 2. The smallest absolute Gasteiger partial charge is 0.175 e. The Morgan fingerprint density at radius 1 is 1.11 bits per heavy atom. The van der Waals surface area contributed by atoms with Crippen molar-refractivity contribution < 1.29 is 13.9 Å². The molecule has 2 rings (SSSR count). The number of benzene rings is 2. The Morgan fingerprint density at radius 3 is 2.59 bits per heavy atom. The van der Waals surface area contributed by atoms with Gasteiger partial charge in [-0.3, -0.25) is 0 Å². The molecule has 0 saturated heterocycles. The van der Waals surface area contributed by atoms with Gasteiger partial charge in [-0.1, -0.05) is 44.4 Å². The van der Waals surface area contributed by atoms with Crippen LogP contribution in [0.25, 0.3) is 0 Å². The number of unbranched alkanes of at least 4 members (excludes halogenated alkanes) is 3. The summed E-state index contributed by atoms with van der Waals surface area (Å²) in [6.45, 7) is 4.14. The maximum atomic E-state index is 13.8. The molecule has 0 amide bonds. The monoisotopic (exact) mass is 459 g/mol. The summed E-state index contributed by atoms with van der Waals surface area (Å²) in [6.07, 6.45) is 4.99. The molecule has 0 spiro atoms. The second-order valence-corrected chi connectivity index (χ2v) is 7.08. The molecule has 0 fully saturated rings. The van der Waals surface area contributed by atoms with Crippen LogP contribution in [-0.2, 0) is 13.2 Å². The molecule has 27 heavy (non-hydrogen) atoms. The van der Waals surface area contributed by atoms with Crippen molar-refractivity contribution in [2.75, 3.05) is 13.7 Å². The van der Waals surface area contributed by atoms with Crippen LogP contribution in [0.5, 0.6) is 11.5 Å². The summed E-state index contributed by atoms with van der Waals surface area (Å²) < 4.78 is 25.8. The Hall–Kier alpha value is -1.30. The predicted molar refractivity (Wildman–Crippen MR) is 115 cm³/mol. The van der Waals surface area contributed by atoms with Crippen LogP contribution in [0, 0.1) is 5.82 Å². The predicted octanol–water partition coefficient (Wildman–Crippen LogP) is 6.27. The normalized spacial score (nSPS) is 10.4. The van der Waals surface area contributed by atoms with Gasteiger partial charge in [0.25, 0.3) is 0 Å². The minimum atomic E-state index is -0.272. The van der Waals surface area contributed by atoms with Gasteiger partial charge in [0.05, 0.1) is 11.6 Å². The summed E-state index contributed by atoms with van der Waals surface area (Å²) >= 11 is 3.55. The lowest BCUT2D eigenvalue weighted by atomic mass is 10.1. The largest absolute Gasteiger partial charge is 0.493 e. The van der Waals surface area contributed by atoms with Crippen LogP contribution < -0.4 is 14.8 Å². The van der Waals surface area contributed by atoms with Gasteiger partial charge >= 0.3 is 0 Å². The first-order valence-electron chi connectivity index (χ1n) is 9.09. The highest BCUT2D eigenvalue weighted by molar-refractivity contribution is 9.10. The van der Waals surface area contributed by atoms with E-state index in [1.807, 2.05) is 12.1 Å². The first kappa shape index (κ1) is 23.7. The van der Waals surface area contributed by atoms with Crippen molar-refractivity contribution in [3.63, 3.8) is 0 Å². The first-order chi connectivity index (χ1) is 12.7. The van der Waals surface area contributed by atoms with Crippen molar-refractivity contribution in [2.45, 2.75) is 45.8 Å². The molecule has 6 heteroatoms. The van der Waals surface area contributed by atoms with Gasteiger partial charge in [-0.25, -0.2) is 4.39 Å². The highest BCUT2D eigenvalue weighted by Gasteiger charge is 2.13. The molecular formula is C21H28BrClFNO2. The number of methoxy groups -OCH3 is 1. The van der Waals surface area contributed by atoms with Gasteiger partial charge in [-0.05, 0) is 52.7 Å². The number of halogens is 3. The van der Waals surface area contributed by atoms with Crippen molar-refractivity contribution in [2.24, 2.45) is 0 Å². The molecule has 150 valence electrons. The Bertz CT molecular complexity index is 700. The molecule has 3 nitrogen and oxygen atoms in total. The fraction of sp³-hybridized carbons (Fsp3) is 0.429. The first-order valence-corrected chi connectivity index (χ1v) is 9.88. The highest BCUT2D eigenvalue weighted by atomic mass is 79.9. The lowest BCUT2D eigenvalue weighted by Crippen LogP contribution is -2.14. The fourth-order valence-electron chi connectivity index (χ4n) is 2.69. The van der Waals surface area contributed by atoms with E-state index in [9.17, 15) is 4.39 Å². The van der Waals surface area contributed by atoms with Gasteiger partial charge in [0.1, 0.15) is 12.4 Å². The van der Waals surface area contributed by atoms with Crippen LogP contribution in [0.3, 0.4) is 0 Å². The summed E-state index contributed by atoms with van der Waals surface area (Å²) in [4.78, 5) is 0. The Morgan fingerprint density at radius 2 is 1.89 bits per heavy atom. The van der Waals surface area contributed by atoms with E-state index in [1.54, 1.807) is 25.3 Å². The quantitative estimate of drug-likeness (QED) is 0.401. The van der Waals surface area contributed by atoms with Gasteiger partial charge in [-0.2, -0.15) is 0 Å². The maximum absolute atomic E-state index is 13.8. The summed E-state index contributed by atoms with van der Waals surface area (Å²) in [6, 6.07) is 10.6. The molecule has 0 atom stereocenters. The van der Waals surface area contributed by atoms with E-state index < -0.39 is 0 Å². The van der Waals surface area contributed by atoms with Crippen molar-refractivity contribution in [3.05, 3.63) is 57.8 Å². The lowest BCUT2D eigenvalue weighted by molar-refractivity contribution is 0.277. The van der Waals surface area contributed by atoms with Gasteiger partial charge in [0.2, 0.25) is 0 Å². The molecule has 2 aromatic carbocycles. The van der Waals surface area contributed by atoms with Crippen molar-refractivity contribution in [1.82, 2.24) is 5.32 Å². The minimum Gasteiger partial charge on any atom is -0.493 e. The van der Waals surface area contributed by atoms with Crippen molar-refractivity contribution in [1.29, 1.82) is 0 Å². The fourth-order valence-corrected chi connectivity index (χ4v) is 3.29. The van der Waals surface area contributed by atoms with Crippen LogP contribution in [0.1, 0.15) is 43.7 Å². The SMILES string of the molecule is CCCCCCNCc1cc(Br)c(OCc2ccccc2F)c(OC)c1.Cl. The summed E-state index contributed by atoms with van der Waals surface area (Å²) in [7, 11) is 1.61. The van der Waals surface area contributed by atoms with Gasteiger partial charge in [0.15, 0.2) is 11.5 Å². The molecular weight excluding hydrogens is 433 g/mol. The van der Waals surface area contributed by atoms with Crippen molar-refractivity contribution in [3.8, 4) is 11.5 Å². The van der Waals surface area contributed by atoms with Crippen LogP contribution in [0.15, 0.2) is 40.9 Å². The molecule has 0 aliphatic heterocycles. The second kappa shape index (κ2) is 13.0. The molecule has 0 bridgehead atoms. The molecule has 0 radical (unpaired) electrons. The molecule has 0 aliphatic carbocycles. The molecule has 0 saturated carbocycles. The topological polar surface area (TPSA) is 30.5 Å². The van der Waals surface area contributed by atoms with Crippen LogP contribution in [-0.4, -0.2) is 13.7 Å². The zero-order chi connectivity index (χ0) is 18.8. The average Bonchev–Trinajstić information content (AvgIpc) is 2.64. The molecule has 0 aromatic heterocycles. The number of hydrogen-bond acceptors (Lipinski definition) is 3. The Balaban J connectivity index is 0.00000364. The van der Waals surface area contributed by atoms with E-state index in [-0.39, 0.29) is 24.8 Å². The zero-order valence-electron chi connectivity index (χ0n) is 15.9. The highest BCUT2D eigenvalue weighted by Crippen LogP contribution is 2.37. The van der Waals surface area contributed by atoms with Gasteiger partial charge in [-0.15, -0.1) is 12.4 Å². The minimum absolute atomic E-state index is 0. The third kappa shape index (κ3) is 7.68. The average molecular weight is 461 g/mol. The van der Waals surface area contributed by atoms with E-state index in [0.29, 0.717) is 17.1 Å². The molecule has 1 N–H and O–H groups in total. The molecule has 0 heterocycles. The zero-order valence-corrected chi connectivity index (χ0v) is 18.3. The lowest BCUT2D eigenvalue weighted by Gasteiger charge is -2.15. The number of nitrogens with one attached hydrogen (secondary N) is 1. The summed E-state index contributed by atoms with van der Waals surface area (Å²) in [5.41, 5.74) is 1.63. The maximum Gasteiger partial charge on any atom is 0.175 e. The number of hydrogen-bond donors (Lipinski definition) is 1. The van der Waals surface area contributed by atoms with Crippen LogP contribution >= 0.6 is 28.3 Å². The van der Waals surface area contributed by atoms with E-state index in [1.165, 1.54) is 31.7 Å². The van der Waals surface area contributed by atoms with Gasteiger partial charge < -0.3 is 14.8 Å². The van der Waals surface area contributed by atoms with Gasteiger partial charge in [0, 0.05) is 12.1 Å². The molecule has 0 aliphatic rings. The molecule has 2 aromatic rings. The third-order valence-electron chi connectivity index (χ3n) is 4.16. The van der Waals surface area contributed by atoms with Crippen LogP contribution in [0.2, 0.25) is 0 Å². The second-order valence-electron chi connectivity index (χ2n) is 6.23. The Labute approximate surface area is 176 Å². The van der Waals surface area contributed by atoms with E-state index in [2.05, 4.69) is 28.2 Å². The Kier molecular flexibility index (Phi) is 11.4. The van der Waals surface area contributed by atoms with E-state index >= 15 is 0 Å². The number of rotatable bonds is 11. The summed E-state index contributed by atoms with van der Waals surface area (Å²) in [5, 5.41) is 3.46. The summed E-state index contributed by atoms with van der Waals surface area (Å²) in [5.74, 6) is 0.951. The van der Waals surface area contributed by atoms with Crippen molar-refractivity contribution >= 4 is 28.3 Å². The van der Waals surface area contributed by atoms with Crippen LogP contribution in [0.4, 0.5) is 4.39 Å². The standard InChI is InChI=1S/C21H27BrFNO2.ClH/c1-3-4-5-8-11-24-14-16-12-18(22)21(20(13-16)25-2)26-15-17-9-6-7-10-19(17)23;/h6-7,9-10,12-13,24H,3-5,8,11,14-15H2,1-2H3;1H. The van der Waals surface area contributed by atoms with E-state index in [4.69, 9.17) is 9.47 Å². The molecule has 0 unspecified atom stereocenters. The third-order valence-corrected chi connectivity index (χ3v) is 4.74.